The Balaban J connectivity index is 2.67. The zero-order valence-corrected chi connectivity index (χ0v) is 10.8. The summed E-state index contributed by atoms with van der Waals surface area (Å²) in [5.41, 5.74) is 9.14. The Hall–Kier alpha value is -1.10. The predicted molar refractivity (Wildman–Crippen MR) is 70.2 cm³/mol. The summed E-state index contributed by atoms with van der Waals surface area (Å²) < 4.78 is 10.4. The lowest BCUT2D eigenvalue weighted by atomic mass is 10.1. The number of rotatable bonds is 7. The average molecular weight is 238 g/mol. The molecule has 0 spiro atoms. The van der Waals surface area contributed by atoms with Crippen LogP contribution in [0.5, 0.6) is 0 Å². The number of nitrogens with one attached hydrogen (secondary N) is 1. The molecule has 17 heavy (non-hydrogen) atoms. The lowest BCUT2D eigenvalue weighted by molar-refractivity contribution is 0.0365. The quantitative estimate of drug-likeness (QED) is 0.756. The zero-order chi connectivity index (χ0) is 12.7. The first-order valence-corrected chi connectivity index (χ1v) is 5.77. The molecule has 0 bridgehead atoms. The maximum atomic E-state index is 5.72. The Morgan fingerprint density at radius 2 is 2.12 bits per heavy atom. The van der Waals surface area contributed by atoms with Crippen molar-refractivity contribution >= 4 is 5.69 Å². The Bertz CT molecular complexity index is 342. The minimum atomic E-state index is 0.0465. The molecule has 0 aliphatic carbocycles. The van der Waals surface area contributed by atoms with Gasteiger partial charge in [-0.1, -0.05) is 18.2 Å². The van der Waals surface area contributed by atoms with Crippen LogP contribution >= 0.6 is 0 Å². The summed E-state index contributed by atoms with van der Waals surface area (Å²) in [4.78, 5) is 0. The average Bonchev–Trinajstić information content (AvgIpc) is 2.35. The Labute approximate surface area is 103 Å². The van der Waals surface area contributed by atoms with Gasteiger partial charge in [0.1, 0.15) is 0 Å². The summed E-state index contributed by atoms with van der Waals surface area (Å²) in [6.45, 7) is 3.89. The fourth-order valence-corrected chi connectivity index (χ4v) is 1.76. The van der Waals surface area contributed by atoms with Crippen molar-refractivity contribution in [3.8, 4) is 0 Å². The van der Waals surface area contributed by atoms with E-state index in [2.05, 4.69) is 18.3 Å². The number of aryl methyl sites for hydroxylation is 1. The molecule has 0 radical (unpaired) electrons. The van der Waals surface area contributed by atoms with Crippen LogP contribution < -0.4 is 11.1 Å². The van der Waals surface area contributed by atoms with Crippen LogP contribution in [0, 0.1) is 6.92 Å². The second kappa shape index (κ2) is 7.27. The largest absolute Gasteiger partial charge is 0.382 e. The van der Waals surface area contributed by atoms with Gasteiger partial charge in [0, 0.05) is 33.0 Å². The fraction of sp³-hybridized carbons (Fsp3) is 0.538. The maximum absolute atomic E-state index is 5.72. The molecule has 96 valence electrons. The van der Waals surface area contributed by atoms with Gasteiger partial charge < -0.3 is 20.5 Å². The lowest BCUT2D eigenvalue weighted by Crippen LogP contribution is -2.27. The van der Waals surface area contributed by atoms with Crippen molar-refractivity contribution in [2.75, 3.05) is 32.7 Å². The van der Waals surface area contributed by atoms with Gasteiger partial charge >= 0.3 is 0 Å². The van der Waals surface area contributed by atoms with E-state index in [4.69, 9.17) is 15.2 Å². The highest BCUT2D eigenvalue weighted by Gasteiger charge is 2.09. The fourth-order valence-electron chi connectivity index (χ4n) is 1.76. The Morgan fingerprint density at radius 3 is 2.71 bits per heavy atom. The SMILES string of the molecule is COCC(CNc1c(C)cccc1CN)OC. The van der Waals surface area contributed by atoms with Gasteiger partial charge in [0.2, 0.25) is 0 Å². The minimum Gasteiger partial charge on any atom is -0.382 e. The van der Waals surface area contributed by atoms with Crippen LogP contribution in [-0.4, -0.2) is 33.5 Å². The second-order valence-electron chi connectivity index (χ2n) is 4.01. The summed E-state index contributed by atoms with van der Waals surface area (Å²) in [6, 6.07) is 6.12. The molecule has 0 saturated carbocycles. The monoisotopic (exact) mass is 238 g/mol. The lowest BCUT2D eigenvalue weighted by Gasteiger charge is -2.19. The molecule has 1 aromatic rings. The molecule has 0 saturated heterocycles. The van der Waals surface area contributed by atoms with Gasteiger partial charge in [0.05, 0.1) is 12.7 Å². The third-order valence-electron chi connectivity index (χ3n) is 2.77. The number of benzene rings is 1. The molecule has 0 aliphatic heterocycles. The van der Waals surface area contributed by atoms with Crippen molar-refractivity contribution in [1.82, 2.24) is 0 Å². The number of para-hydroxylation sites is 1. The van der Waals surface area contributed by atoms with Gasteiger partial charge in [0.15, 0.2) is 0 Å². The molecule has 0 amide bonds. The molecule has 4 nitrogen and oxygen atoms in total. The van der Waals surface area contributed by atoms with Gasteiger partial charge in [0.25, 0.3) is 0 Å². The number of methoxy groups -OCH3 is 2. The van der Waals surface area contributed by atoms with Crippen molar-refractivity contribution in [2.45, 2.75) is 19.6 Å². The summed E-state index contributed by atoms with van der Waals surface area (Å²) >= 11 is 0. The van der Waals surface area contributed by atoms with E-state index in [0.29, 0.717) is 19.7 Å². The summed E-state index contributed by atoms with van der Waals surface area (Å²) in [5, 5.41) is 3.38. The second-order valence-corrected chi connectivity index (χ2v) is 4.01. The van der Waals surface area contributed by atoms with Gasteiger partial charge in [-0.05, 0) is 18.1 Å². The first-order valence-electron chi connectivity index (χ1n) is 5.77. The highest BCUT2D eigenvalue weighted by molar-refractivity contribution is 5.57. The summed E-state index contributed by atoms with van der Waals surface area (Å²) in [5.74, 6) is 0. The van der Waals surface area contributed by atoms with Crippen molar-refractivity contribution in [3.63, 3.8) is 0 Å². The number of nitrogens with two attached hydrogens (primary N) is 1. The van der Waals surface area contributed by atoms with Gasteiger partial charge in [-0.2, -0.15) is 0 Å². The molecule has 0 aromatic heterocycles. The summed E-state index contributed by atoms with van der Waals surface area (Å²) in [6.07, 6.45) is 0.0465. The van der Waals surface area contributed by atoms with E-state index in [0.717, 1.165) is 11.3 Å². The highest BCUT2D eigenvalue weighted by Crippen LogP contribution is 2.20. The number of ether oxygens (including phenoxy) is 2. The third-order valence-corrected chi connectivity index (χ3v) is 2.77. The minimum absolute atomic E-state index is 0.0465. The van der Waals surface area contributed by atoms with Gasteiger partial charge in [-0.15, -0.1) is 0 Å². The van der Waals surface area contributed by atoms with Crippen LogP contribution in [0.25, 0.3) is 0 Å². The van der Waals surface area contributed by atoms with E-state index in [1.807, 2.05) is 12.1 Å². The van der Waals surface area contributed by atoms with E-state index >= 15 is 0 Å². The van der Waals surface area contributed by atoms with Crippen molar-refractivity contribution in [1.29, 1.82) is 0 Å². The number of anilines is 1. The Kier molecular flexibility index (Phi) is 5.97. The molecule has 1 rings (SSSR count). The van der Waals surface area contributed by atoms with Crippen LogP contribution in [0.2, 0.25) is 0 Å². The first-order chi connectivity index (χ1) is 8.22. The number of hydrogen-bond donors (Lipinski definition) is 2. The standard InChI is InChI=1S/C13H22N2O2/c1-10-5-4-6-11(7-14)13(10)15-8-12(17-3)9-16-2/h4-6,12,15H,7-9,14H2,1-3H3. The zero-order valence-electron chi connectivity index (χ0n) is 10.8. The molecule has 0 aliphatic rings. The van der Waals surface area contributed by atoms with Crippen LogP contribution in [0.1, 0.15) is 11.1 Å². The number of hydrogen-bond acceptors (Lipinski definition) is 4. The smallest absolute Gasteiger partial charge is 0.0976 e. The summed E-state index contributed by atoms with van der Waals surface area (Å²) in [7, 11) is 3.36. The third kappa shape index (κ3) is 4.00. The van der Waals surface area contributed by atoms with Gasteiger partial charge in [-0.25, -0.2) is 0 Å². The molecule has 0 fully saturated rings. The van der Waals surface area contributed by atoms with E-state index in [1.54, 1.807) is 14.2 Å². The van der Waals surface area contributed by atoms with Crippen LogP contribution in [0.3, 0.4) is 0 Å². The molecule has 1 atom stereocenters. The van der Waals surface area contributed by atoms with Crippen LogP contribution in [0.15, 0.2) is 18.2 Å². The topological polar surface area (TPSA) is 56.5 Å². The normalized spacial score (nSPS) is 12.5. The molecule has 0 heterocycles. The molecule has 1 unspecified atom stereocenters. The molecule has 4 heteroatoms. The molecular formula is C13H22N2O2. The van der Waals surface area contributed by atoms with Gasteiger partial charge in [-0.3, -0.25) is 0 Å². The van der Waals surface area contributed by atoms with E-state index < -0.39 is 0 Å². The molecular weight excluding hydrogens is 216 g/mol. The van der Waals surface area contributed by atoms with Crippen molar-refractivity contribution in [3.05, 3.63) is 29.3 Å². The van der Waals surface area contributed by atoms with E-state index in [-0.39, 0.29) is 6.10 Å². The van der Waals surface area contributed by atoms with Crippen LogP contribution in [-0.2, 0) is 16.0 Å². The predicted octanol–water partition coefficient (Wildman–Crippen LogP) is 1.53. The van der Waals surface area contributed by atoms with Crippen molar-refractivity contribution < 1.29 is 9.47 Å². The first kappa shape index (κ1) is 14.0. The molecule has 1 aromatic carbocycles. The maximum Gasteiger partial charge on any atom is 0.0976 e. The molecule has 3 N–H and O–H groups in total. The van der Waals surface area contributed by atoms with Crippen LogP contribution in [0.4, 0.5) is 5.69 Å². The highest BCUT2D eigenvalue weighted by atomic mass is 16.5. The van der Waals surface area contributed by atoms with E-state index in [9.17, 15) is 0 Å². The van der Waals surface area contributed by atoms with Crippen molar-refractivity contribution in [2.24, 2.45) is 5.73 Å². The van der Waals surface area contributed by atoms with E-state index in [1.165, 1.54) is 5.56 Å². The Morgan fingerprint density at radius 1 is 1.35 bits per heavy atom.